The molecule has 2 heterocycles. The molecule has 1 aliphatic rings. The molecule has 0 spiro atoms. The Morgan fingerprint density at radius 2 is 1.83 bits per heavy atom. The average Bonchev–Trinajstić information content (AvgIpc) is 3.47. The van der Waals surface area contributed by atoms with Gasteiger partial charge in [0.05, 0.1) is 35.3 Å². The molecule has 0 saturated heterocycles. The normalized spacial score (nSPS) is 13.1. The number of nitrogens with zero attached hydrogens (tertiary/aromatic N) is 2. The largest absolute Gasteiger partial charge is 0.496 e. The van der Waals surface area contributed by atoms with E-state index in [-0.39, 0.29) is 28.5 Å². The number of fused-ring (bicyclic) bond motifs is 2. The smallest absolute Gasteiger partial charge is 0.341 e. The van der Waals surface area contributed by atoms with E-state index in [0.717, 1.165) is 16.6 Å². The maximum absolute atomic E-state index is 13.4. The number of nitrogens with one attached hydrogen (secondary N) is 1. The number of aromatic nitrogens is 2. The first-order valence-corrected chi connectivity index (χ1v) is 13.0. The van der Waals surface area contributed by atoms with E-state index < -0.39 is 16.0 Å². The third-order valence-corrected chi connectivity index (χ3v) is 8.07. The lowest BCUT2D eigenvalue weighted by atomic mass is 10.2. The minimum Gasteiger partial charge on any atom is -0.496 e. The van der Waals surface area contributed by atoms with Crippen LogP contribution in [0.25, 0.3) is 11.0 Å². The van der Waals surface area contributed by atoms with E-state index in [1.165, 1.54) is 29.6 Å². The molecule has 0 unspecified atom stereocenters. The van der Waals surface area contributed by atoms with Gasteiger partial charge in [0.25, 0.3) is 10.0 Å². The van der Waals surface area contributed by atoms with Crippen molar-refractivity contribution < 1.29 is 22.7 Å². The Hall–Kier alpha value is -4.05. The minimum atomic E-state index is -3.88. The highest BCUT2D eigenvalue weighted by Gasteiger charge is 2.31. The number of methoxy groups -OCH3 is 1. The Bertz CT molecular complexity index is 1610. The maximum atomic E-state index is 13.4. The van der Waals surface area contributed by atoms with Crippen LogP contribution in [0.3, 0.4) is 0 Å². The molecular formula is C26H25N3O6S. The molecule has 1 aliphatic heterocycles. The van der Waals surface area contributed by atoms with Crippen molar-refractivity contribution in [2.75, 3.05) is 24.6 Å². The number of hydrogen-bond donors (Lipinski definition) is 1. The van der Waals surface area contributed by atoms with Crippen LogP contribution in [0, 0.1) is 0 Å². The molecule has 186 valence electrons. The second-order valence-corrected chi connectivity index (χ2v) is 10.3. The van der Waals surface area contributed by atoms with Gasteiger partial charge in [0.15, 0.2) is 0 Å². The summed E-state index contributed by atoms with van der Waals surface area (Å²) >= 11 is 0. The third kappa shape index (κ3) is 4.24. The number of carbonyl (C=O) groups excluding carboxylic acids is 1. The molecule has 0 saturated carbocycles. The van der Waals surface area contributed by atoms with Crippen LogP contribution in [0.2, 0.25) is 0 Å². The summed E-state index contributed by atoms with van der Waals surface area (Å²) in [4.78, 5) is 27.9. The van der Waals surface area contributed by atoms with Gasteiger partial charge in [-0.2, -0.15) is 0 Å². The van der Waals surface area contributed by atoms with Gasteiger partial charge in [-0.1, -0.05) is 30.3 Å². The number of hydrogen-bond acceptors (Lipinski definition) is 6. The number of benzene rings is 3. The SMILES string of the molecule is COc1ccc(S(=O)(=O)N2CCc3ccccc32)cc1C(=O)OCCCn1c(=O)[nH]c2ccccc21. The monoisotopic (exact) mass is 507 g/mol. The van der Waals surface area contributed by atoms with E-state index in [2.05, 4.69) is 4.98 Å². The zero-order valence-corrected chi connectivity index (χ0v) is 20.5. The first-order chi connectivity index (χ1) is 17.4. The molecule has 5 rings (SSSR count). The van der Waals surface area contributed by atoms with Gasteiger partial charge >= 0.3 is 11.7 Å². The van der Waals surface area contributed by atoms with Crippen LogP contribution in [0.4, 0.5) is 5.69 Å². The highest BCUT2D eigenvalue weighted by molar-refractivity contribution is 7.92. The topological polar surface area (TPSA) is 111 Å². The van der Waals surface area contributed by atoms with E-state index in [0.29, 0.717) is 31.6 Å². The van der Waals surface area contributed by atoms with Gasteiger partial charge in [-0.25, -0.2) is 18.0 Å². The number of rotatable bonds is 8. The number of carbonyl (C=O) groups is 1. The van der Waals surface area contributed by atoms with E-state index in [9.17, 15) is 18.0 Å². The van der Waals surface area contributed by atoms with Gasteiger partial charge in [-0.05, 0) is 54.8 Å². The molecule has 36 heavy (non-hydrogen) atoms. The number of ether oxygens (including phenoxy) is 2. The number of imidazole rings is 1. The van der Waals surface area contributed by atoms with Crippen LogP contribution in [-0.2, 0) is 27.7 Å². The third-order valence-electron chi connectivity index (χ3n) is 6.26. The number of para-hydroxylation sites is 3. The molecular weight excluding hydrogens is 482 g/mol. The molecule has 3 aromatic carbocycles. The Morgan fingerprint density at radius 1 is 1.06 bits per heavy atom. The van der Waals surface area contributed by atoms with E-state index in [1.54, 1.807) is 16.7 Å². The lowest BCUT2D eigenvalue weighted by Gasteiger charge is -2.20. The zero-order valence-electron chi connectivity index (χ0n) is 19.6. The standard InChI is InChI=1S/C26H25N3O6S/c1-34-24-12-11-19(36(32,33)29-15-13-18-7-2-4-9-22(18)29)17-20(24)25(30)35-16-6-14-28-23-10-5-3-8-21(23)27-26(28)31/h2-5,7-12,17H,6,13-16H2,1H3,(H,27,31). The fraction of sp³-hybridized carbons (Fsp3) is 0.231. The second-order valence-electron chi connectivity index (χ2n) is 8.41. The summed E-state index contributed by atoms with van der Waals surface area (Å²) in [5, 5.41) is 0. The maximum Gasteiger partial charge on any atom is 0.341 e. The summed E-state index contributed by atoms with van der Waals surface area (Å²) in [6.07, 6.45) is 1.03. The summed E-state index contributed by atoms with van der Waals surface area (Å²) < 4.78 is 40.5. The number of esters is 1. The predicted octanol–water partition coefficient (Wildman–Crippen LogP) is 3.34. The first-order valence-electron chi connectivity index (χ1n) is 11.5. The molecule has 0 radical (unpaired) electrons. The summed E-state index contributed by atoms with van der Waals surface area (Å²) in [6.45, 7) is 0.737. The summed E-state index contributed by atoms with van der Waals surface area (Å²) in [6, 6.07) is 18.9. The van der Waals surface area contributed by atoms with Gasteiger partial charge in [-0.15, -0.1) is 0 Å². The van der Waals surface area contributed by atoms with Crippen molar-refractivity contribution in [1.29, 1.82) is 0 Å². The van der Waals surface area contributed by atoms with E-state index in [4.69, 9.17) is 9.47 Å². The quantitative estimate of drug-likeness (QED) is 0.289. The van der Waals surface area contributed by atoms with Crippen LogP contribution in [0.1, 0.15) is 22.3 Å². The molecule has 0 atom stereocenters. The zero-order chi connectivity index (χ0) is 25.3. The predicted molar refractivity (Wildman–Crippen MR) is 135 cm³/mol. The Morgan fingerprint density at radius 3 is 2.67 bits per heavy atom. The van der Waals surface area contributed by atoms with Crippen molar-refractivity contribution in [3.05, 3.63) is 88.3 Å². The number of aromatic amines is 1. The van der Waals surface area contributed by atoms with E-state index in [1.807, 2.05) is 36.4 Å². The van der Waals surface area contributed by atoms with Crippen molar-refractivity contribution in [2.45, 2.75) is 24.3 Å². The fourth-order valence-corrected chi connectivity index (χ4v) is 6.02. The Balaban J connectivity index is 1.31. The lowest BCUT2D eigenvalue weighted by molar-refractivity contribution is 0.0492. The van der Waals surface area contributed by atoms with Crippen LogP contribution in [0.15, 0.2) is 76.4 Å². The van der Waals surface area contributed by atoms with Gasteiger partial charge < -0.3 is 14.5 Å². The van der Waals surface area contributed by atoms with Gasteiger partial charge in [0, 0.05) is 13.1 Å². The average molecular weight is 508 g/mol. The lowest BCUT2D eigenvalue weighted by Crippen LogP contribution is -2.29. The van der Waals surface area contributed by atoms with Crippen LogP contribution in [0.5, 0.6) is 5.75 Å². The van der Waals surface area contributed by atoms with Crippen molar-refractivity contribution in [1.82, 2.24) is 9.55 Å². The molecule has 0 bridgehead atoms. The molecule has 0 aliphatic carbocycles. The molecule has 1 N–H and O–H groups in total. The number of aryl methyl sites for hydroxylation is 1. The molecule has 10 heteroatoms. The molecule has 9 nitrogen and oxygen atoms in total. The summed E-state index contributed by atoms with van der Waals surface area (Å²) in [5.41, 5.74) is 2.91. The highest BCUT2D eigenvalue weighted by atomic mass is 32.2. The molecule has 4 aromatic rings. The van der Waals surface area contributed by atoms with Crippen molar-refractivity contribution in [3.63, 3.8) is 0 Å². The second kappa shape index (κ2) is 9.54. The number of H-pyrrole nitrogens is 1. The molecule has 1 aromatic heterocycles. The summed E-state index contributed by atoms with van der Waals surface area (Å²) in [7, 11) is -2.48. The summed E-state index contributed by atoms with van der Waals surface area (Å²) in [5.74, 6) is -0.481. The van der Waals surface area contributed by atoms with Crippen LogP contribution >= 0.6 is 0 Å². The van der Waals surface area contributed by atoms with Crippen molar-refractivity contribution in [2.24, 2.45) is 0 Å². The molecule has 0 fully saturated rings. The Kier molecular flexibility index (Phi) is 6.27. The van der Waals surface area contributed by atoms with Gasteiger partial charge in [0.2, 0.25) is 0 Å². The highest BCUT2D eigenvalue weighted by Crippen LogP contribution is 2.34. The van der Waals surface area contributed by atoms with Crippen LogP contribution < -0.4 is 14.7 Å². The minimum absolute atomic E-state index is 0.0164. The van der Waals surface area contributed by atoms with E-state index >= 15 is 0 Å². The van der Waals surface area contributed by atoms with Crippen LogP contribution in [-0.4, -0.2) is 44.2 Å². The first kappa shape index (κ1) is 23.7. The number of anilines is 1. The van der Waals surface area contributed by atoms with Crippen molar-refractivity contribution >= 4 is 32.7 Å². The number of sulfonamides is 1. The van der Waals surface area contributed by atoms with Gasteiger partial charge in [0.1, 0.15) is 11.3 Å². The van der Waals surface area contributed by atoms with Gasteiger partial charge in [-0.3, -0.25) is 8.87 Å². The van der Waals surface area contributed by atoms with Crippen molar-refractivity contribution in [3.8, 4) is 5.75 Å². The Labute approximate surface area is 207 Å². The fourth-order valence-electron chi connectivity index (χ4n) is 4.49. The molecule has 0 amide bonds.